The van der Waals surface area contributed by atoms with Crippen molar-refractivity contribution in [3.63, 3.8) is 0 Å². The van der Waals surface area contributed by atoms with Crippen molar-refractivity contribution in [3.05, 3.63) is 109 Å². The van der Waals surface area contributed by atoms with E-state index in [0.29, 0.717) is 51.6 Å². The van der Waals surface area contributed by atoms with Crippen molar-refractivity contribution in [3.8, 4) is 11.5 Å². The summed E-state index contributed by atoms with van der Waals surface area (Å²) in [4.78, 5) is 29.4. The number of methoxy groups -OCH3 is 2. The smallest absolute Gasteiger partial charge is 0.327 e. The molecule has 2 atom stereocenters. The number of pyridine rings is 1. The Balaban J connectivity index is 1.43. The molecule has 0 radical (unpaired) electrons. The maximum atomic E-state index is 13.6. The standard InChI is InChI=1S/C38H43Cl2N3O7S/c1-23(2)42-14-12-24(13-15-42)22-50-38(46)35(25-8-6-5-7-9-25)41-19-27-17-29(36(51-27)37(44)45)28(18-30-31(39)20-43(47)21-32(30)40)26-10-11-33(48-3)34(16-26)49-4/h5-11,16-17,20-21,23-24,28,35,41H,12-15,18-19,22H2,1-4H3,(H-,44,45,47)/t28-,35?/m0/s1. The number of carboxylic acid groups (broad SMARTS) is 1. The molecule has 5 rings (SSSR count). The van der Waals surface area contributed by atoms with Crippen LogP contribution in [0, 0.1) is 5.92 Å². The Morgan fingerprint density at radius 2 is 1.67 bits per heavy atom. The highest BCUT2D eigenvalue weighted by molar-refractivity contribution is 7.14. The lowest BCUT2D eigenvalue weighted by molar-refractivity contribution is -0.904. The largest absolute Gasteiger partial charge is 0.544 e. The number of nitrogens with one attached hydrogen (secondary N) is 1. The molecule has 0 bridgehead atoms. The van der Waals surface area contributed by atoms with Crippen molar-refractivity contribution in [2.24, 2.45) is 5.92 Å². The molecule has 1 fully saturated rings. The first-order valence-corrected chi connectivity index (χ1v) is 18.4. The average molecular weight is 757 g/mol. The summed E-state index contributed by atoms with van der Waals surface area (Å²) in [5.74, 6) is -1.04. The second-order valence-corrected chi connectivity index (χ2v) is 14.8. The van der Waals surface area contributed by atoms with Crippen LogP contribution in [0.25, 0.3) is 0 Å². The van der Waals surface area contributed by atoms with E-state index in [4.69, 9.17) is 37.4 Å². The van der Waals surface area contributed by atoms with Gasteiger partial charge in [0.2, 0.25) is 12.4 Å². The Bertz CT molecular complexity index is 1790. The summed E-state index contributed by atoms with van der Waals surface area (Å²) >= 11 is 14.2. The molecule has 1 saturated heterocycles. The van der Waals surface area contributed by atoms with E-state index in [9.17, 15) is 19.9 Å². The maximum Gasteiger partial charge on any atom is 0.327 e. The van der Waals surface area contributed by atoms with Gasteiger partial charge >= 0.3 is 5.97 Å². The number of aromatic nitrogens is 1. The minimum absolute atomic E-state index is 0.0264. The van der Waals surface area contributed by atoms with E-state index in [-0.39, 0.29) is 33.9 Å². The monoisotopic (exact) mass is 755 g/mol. The van der Waals surface area contributed by atoms with Gasteiger partial charge in [-0.3, -0.25) is 10.5 Å². The van der Waals surface area contributed by atoms with Gasteiger partial charge in [0, 0.05) is 33.7 Å². The highest BCUT2D eigenvalue weighted by atomic mass is 35.5. The minimum atomic E-state index is -1.34. The molecule has 2 aromatic carbocycles. The van der Waals surface area contributed by atoms with Crippen LogP contribution in [-0.4, -0.2) is 62.0 Å². The fourth-order valence-electron chi connectivity index (χ4n) is 6.48. The molecule has 272 valence electrons. The topological polar surface area (TPSA) is 124 Å². The molecule has 4 aromatic rings. The number of halogens is 2. The zero-order chi connectivity index (χ0) is 36.7. The molecular weight excluding hydrogens is 713 g/mol. The third-order valence-corrected chi connectivity index (χ3v) is 11.1. The van der Waals surface area contributed by atoms with Gasteiger partial charge in [0.1, 0.15) is 16.1 Å². The molecule has 2 N–H and O–H groups in total. The number of nitrogens with zero attached hydrogens (tertiary/aromatic N) is 2. The van der Waals surface area contributed by atoms with Crippen LogP contribution in [0.1, 0.15) is 75.5 Å². The predicted octanol–water partition coefficient (Wildman–Crippen LogP) is 5.83. The van der Waals surface area contributed by atoms with E-state index in [2.05, 4.69) is 24.1 Å². The molecule has 51 heavy (non-hydrogen) atoms. The zero-order valence-electron chi connectivity index (χ0n) is 29.1. The third-order valence-electron chi connectivity index (χ3n) is 9.35. The van der Waals surface area contributed by atoms with E-state index in [1.54, 1.807) is 18.2 Å². The lowest BCUT2D eigenvalue weighted by atomic mass is 9.85. The number of esters is 1. The van der Waals surface area contributed by atoms with Crippen LogP contribution in [0.15, 0.2) is 67.0 Å². The van der Waals surface area contributed by atoms with Crippen molar-refractivity contribution in [1.82, 2.24) is 10.2 Å². The highest BCUT2D eigenvalue weighted by Gasteiger charge is 2.29. The number of piperidine rings is 1. The molecule has 1 unspecified atom stereocenters. The van der Waals surface area contributed by atoms with Crippen molar-refractivity contribution in [2.75, 3.05) is 33.9 Å². The second kappa shape index (κ2) is 17.6. The first-order valence-electron chi connectivity index (χ1n) is 16.8. The molecule has 0 aliphatic carbocycles. The summed E-state index contributed by atoms with van der Waals surface area (Å²) in [5, 5.41) is 26.4. The van der Waals surface area contributed by atoms with E-state index in [0.717, 1.165) is 47.6 Å². The van der Waals surface area contributed by atoms with Crippen molar-refractivity contribution in [1.29, 1.82) is 0 Å². The molecule has 0 spiro atoms. The number of hydrogen-bond acceptors (Lipinski definition) is 10. The Labute approximate surface area is 312 Å². The highest BCUT2D eigenvalue weighted by Crippen LogP contribution is 2.41. The second-order valence-electron chi connectivity index (χ2n) is 12.9. The van der Waals surface area contributed by atoms with Gasteiger partial charge in [0.05, 0.1) is 31.7 Å². The van der Waals surface area contributed by atoms with Gasteiger partial charge in [-0.05, 0) is 87.0 Å². The Kier molecular flexibility index (Phi) is 13.2. The summed E-state index contributed by atoms with van der Waals surface area (Å²) in [6.07, 6.45) is 4.76. The molecule has 0 saturated carbocycles. The Morgan fingerprint density at radius 1 is 1.00 bits per heavy atom. The van der Waals surface area contributed by atoms with Crippen LogP contribution in [0.3, 0.4) is 0 Å². The molecule has 13 heteroatoms. The van der Waals surface area contributed by atoms with Gasteiger partial charge in [-0.15, -0.1) is 11.3 Å². The van der Waals surface area contributed by atoms with Crippen LogP contribution in [0.2, 0.25) is 10.0 Å². The number of carbonyl (C=O) groups is 2. The van der Waals surface area contributed by atoms with Gasteiger partial charge in [-0.2, -0.15) is 0 Å². The minimum Gasteiger partial charge on any atom is -0.544 e. The number of aromatic carboxylic acids is 1. The van der Waals surface area contributed by atoms with Crippen LogP contribution in [-0.2, 0) is 22.5 Å². The van der Waals surface area contributed by atoms with Gasteiger partial charge in [0.15, 0.2) is 11.5 Å². The van der Waals surface area contributed by atoms with Gasteiger partial charge < -0.3 is 29.0 Å². The van der Waals surface area contributed by atoms with E-state index in [1.165, 1.54) is 26.6 Å². The number of thiophene rings is 1. The molecule has 3 heterocycles. The summed E-state index contributed by atoms with van der Waals surface area (Å²) in [5.41, 5.74) is 2.45. The van der Waals surface area contributed by atoms with Gasteiger partial charge in [0.25, 0.3) is 0 Å². The van der Waals surface area contributed by atoms with E-state index in [1.807, 2.05) is 36.4 Å². The zero-order valence-corrected chi connectivity index (χ0v) is 31.4. The Hall–Kier alpha value is -3.87. The summed E-state index contributed by atoms with van der Waals surface area (Å²) in [6, 6.07) is 16.2. The number of carboxylic acids is 1. The predicted molar refractivity (Wildman–Crippen MR) is 194 cm³/mol. The van der Waals surface area contributed by atoms with Gasteiger partial charge in [-0.1, -0.05) is 59.6 Å². The van der Waals surface area contributed by atoms with Crippen LogP contribution in [0.4, 0.5) is 0 Å². The molecular formula is C38H43Cl2N3O7S. The lowest BCUT2D eigenvalue weighted by Gasteiger charge is -2.34. The summed E-state index contributed by atoms with van der Waals surface area (Å²) in [6.45, 7) is 6.88. The lowest BCUT2D eigenvalue weighted by Crippen LogP contribution is -2.40. The van der Waals surface area contributed by atoms with Gasteiger partial charge in [-0.25, -0.2) is 4.79 Å². The van der Waals surface area contributed by atoms with Crippen molar-refractivity contribution >= 4 is 46.5 Å². The molecule has 10 nitrogen and oxygen atoms in total. The number of likely N-dealkylation sites (tertiary alicyclic amines) is 1. The van der Waals surface area contributed by atoms with Crippen molar-refractivity contribution in [2.45, 2.75) is 57.7 Å². The summed E-state index contributed by atoms with van der Waals surface area (Å²) < 4.78 is 17.7. The number of rotatable bonds is 15. The van der Waals surface area contributed by atoms with E-state index < -0.39 is 17.9 Å². The molecule has 1 aliphatic heterocycles. The number of hydrogen-bond donors (Lipinski definition) is 2. The van der Waals surface area contributed by atoms with Crippen LogP contribution in [0.5, 0.6) is 11.5 Å². The quantitative estimate of drug-likeness (QED) is 0.0877. The van der Waals surface area contributed by atoms with Crippen molar-refractivity contribution < 1.29 is 38.8 Å². The normalized spacial score (nSPS) is 15.0. The molecule has 1 aliphatic rings. The number of ether oxygens (including phenoxy) is 3. The summed E-state index contributed by atoms with van der Waals surface area (Å²) in [7, 11) is 3.05. The molecule has 2 aromatic heterocycles. The number of benzene rings is 2. The van der Waals surface area contributed by atoms with Crippen LogP contribution < -0.4 is 24.6 Å². The molecule has 0 amide bonds. The Morgan fingerprint density at radius 3 is 2.27 bits per heavy atom. The first-order chi connectivity index (χ1) is 24.5. The third kappa shape index (κ3) is 9.52. The number of carbonyl (C=O) groups excluding carboxylic acids is 2. The fourth-order valence-corrected chi connectivity index (χ4v) is 8.10. The van der Waals surface area contributed by atoms with E-state index >= 15 is 0 Å². The SMILES string of the molecule is COc1ccc([C@H](Cc2c(Cl)c[n+](O)cc2Cl)c2cc(CNC(C(=O)OCC3CCN(C(C)C)CC3)c3ccccc3)sc2C(=O)[O-])cc1OC. The average Bonchev–Trinajstić information content (AvgIpc) is 3.55. The fraction of sp³-hybridized carbons (Fsp3) is 0.395. The maximum absolute atomic E-state index is 13.6. The first kappa shape index (κ1) is 38.4. The van der Waals surface area contributed by atoms with Crippen LogP contribution >= 0.6 is 34.5 Å².